The van der Waals surface area contributed by atoms with Crippen molar-refractivity contribution < 1.29 is 22.6 Å². The molecule has 1 aromatic rings. The Balaban J connectivity index is 2.46. The molecule has 1 aromatic carbocycles. The molecule has 0 radical (unpaired) electrons. The molecular weight excluding hydrogens is 233 g/mol. The van der Waals surface area contributed by atoms with E-state index in [1.54, 1.807) is 6.92 Å². The predicted molar refractivity (Wildman–Crippen MR) is 55.1 cm³/mol. The molecule has 17 heavy (non-hydrogen) atoms. The third kappa shape index (κ3) is 2.45. The summed E-state index contributed by atoms with van der Waals surface area (Å²) in [4.78, 5) is 0. The predicted octanol–water partition coefficient (Wildman–Crippen LogP) is 3.43. The van der Waals surface area contributed by atoms with Crippen LogP contribution in [-0.2, 0) is 9.47 Å². The van der Waals surface area contributed by atoms with Crippen LogP contribution in [0.2, 0.25) is 0 Å². The highest BCUT2D eigenvalue weighted by Crippen LogP contribution is 2.35. The van der Waals surface area contributed by atoms with Crippen molar-refractivity contribution in [2.45, 2.75) is 25.8 Å². The summed E-state index contributed by atoms with van der Waals surface area (Å²) in [5, 5.41) is 0. The highest BCUT2D eigenvalue weighted by atomic mass is 19.1. The quantitative estimate of drug-likeness (QED) is 0.813. The van der Waals surface area contributed by atoms with Crippen LogP contribution in [0.1, 0.15) is 36.9 Å². The fourth-order valence-corrected chi connectivity index (χ4v) is 1.87. The zero-order valence-corrected chi connectivity index (χ0v) is 9.38. The second-order valence-electron chi connectivity index (χ2n) is 3.84. The molecule has 1 heterocycles. The molecule has 0 spiro atoms. The van der Waals surface area contributed by atoms with Gasteiger partial charge in [0.25, 0.3) is 0 Å². The van der Waals surface area contributed by atoms with Gasteiger partial charge in [-0.1, -0.05) is 6.92 Å². The first kappa shape index (κ1) is 12.4. The number of rotatable bonds is 3. The molecule has 1 aliphatic heterocycles. The van der Waals surface area contributed by atoms with Crippen LogP contribution >= 0.6 is 0 Å². The van der Waals surface area contributed by atoms with E-state index in [9.17, 15) is 13.2 Å². The van der Waals surface area contributed by atoms with E-state index in [1.165, 1.54) is 0 Å². The van der Waals surface area contributed by atoms with Gasteiger partial charge >= 0.3 is 0 Å². The molecule has 1 unspecified atom stereocenters. The monoisotopic (exact) mass is 246 g/mol. The molecule has 2 nitrogen and oxygen atoms in total. The first-order valence-corrected chi connectivity index (χ1v) is 5.49. The second kappa shape index (κ2) is 5.06. The number of hydrogen-bond donors (Lipinski definition) is 0. The average Bonchev–Trinajstić information content (AvgIpc) is 2.80. The van der Waals surface area contributed by atoms with Crippen molar-refractivity contribution >= 4 is 0 Å². The molecular formula is C12H13F3O2. The zero-order valence-electron chi connectivity index (χ0n) is 9.38. The van der Waals surface area contributed by atoms with Gasteiger partial charge in [0.2, 0.25) is 0 Å². The lowest BCUT2D eigenvalue weighted by atomic mass is 10.00. The number of hydrogen-bond acceptors (Lipinski definition) is 2. The van der Waals surface area contributed by atoms with Gasteiger partial charge in [-0.3, -0.25) is 0 Å². The van der Waals surface area contributed by atoms with Gasteiger partial charge < -0.3 is 9.47 Å². The maximum absolute atomic E-state index is 13.7. The van der Waals surface area contributed by atoms with Crippen molar-refractivity contribution in [3.63, 3.8) is 0 Å². The van der Waals surface area contributed by atoms with Crippen LogP contribution in [0.4, 0.5) is 13.2 Å². The molecule has 1 fully saturated rings. The molecule has 94 valence electrons. The van der Waals surface area contributed by atoms with Crippen LogP contribution in [-0.4, -0.2) is 13.2 Å². The van der Waals surface area contributed by atoms with Gasteiger partial charge in [-0.25, -0.2) is 13.2 Å². The summed E-state index contributed by atoms with van der Waals surface area (Å²) in [5.41, 5.74) is -0.0600. The minimum absolute atomic E-state index is 0.106. The van der Waals surface area contributed by atoms with E-state index in [1.807, 2.05) is 0 Å². The van der Waals surface area contributed by atoms with Crippen LogP contribution in [0.5, 0.6) is 0 Å². The van der Waals surface area contributed by atoms with Crippen molar-refractivity contribution in [1.29, 1.82) is 0 Å². The fourth-order valence-electron chi connectivity index (χ4n) is 1.87. The third-order valence-electron chi connectivity index (χ3n) is 2.67. The summed E-state index contributed by atoms with van der Waals surface area (Å²) >= 11 is 0. The molecule has 0 aromatic heterocycles. The van der Waals surface area contributed by atoms with Crippen molar-refractivity contribution in [2.24, 2.45) is 0 Å². The summed E-state index contributed by atoms with van der Waals surface area (Å²) in [6.07, 6.45) is -2.25. The van der Waals surface area contributed by atoms with Crippen LogP contribution in [0.3, 0.4) is 0 Å². The molecule has 0 saturated carbocycles. The lowest BCUT2D eigenvalue weighted by Crippen LogP contribution is -2.08. The Bertz CT molecular complexity index is 403. The molecule has 0 N–H and O–H groups in total. The summed E-state index contributed by atoms with van der Waals surface area (Å²) in [6.45, 7) is 2.27. The smallest absolute Gasteiger partial charge is 0.184 e. The molecule has 1 saturated heterocycles. The van der Waals surface area contributed by atoms with E-state index in [0.29, 0.717) is 19.3 Å². The normalized spacial score (nSPS) is 18.6. The first-order valence-electron chi connectivity index (χ1n) is 5.49. The van der Waals surface area contributed by atoms with E-state index in [0.717, 1.165) is 6.07 Å². The van der Waals surface area contributed by atoms with Gasteiger partial charge in [0.05, 0.1) is 13.2 Å². The van der Waals surface area contributed by atoms with Crippen molar-refractivity contribution in [3.8, 4) is 0 Å². The SMILES string of the molecule is CCC(F)c1c(F)cc(F)cc1C1OCCO1. The Morgan fingerprint density at radius 3 is 2.53 bits per heavy atom. The van der Waals surface area contributed by atoms with Gasteiger partial charge in [-0.15, -0.1) is 0 Å². The Labute approximate surface area is 97.3 Å². The molecule has 0 amide bonds. The molecule has 1 atom stereocenters. The summed E-state index contributed by atoms with van der Waals surface area (Å²) in [7, 11) is 0. The van der Waals surface area contributed by atoms with Crippen LogP contribution < -0.4 is 0 Å². The Hall–Kier alpha value is -1.07. The van der Waals surface area contributed by atoms with Crippen molar-refractivity contribution in [3.05, 3.63) is 34.9 Å². The van der Waals surface area contributed by atoms with Gasteiger partial charge in [0.15, 0.2) is 6.29 Å². The van der Waals surface area contributed by atoms with Crippen LogP contribution in [0.25, 0.3) is 0 Å². The topological polar surface area (TPSA) is 18.5 Å². The largest absolute Gasteiger partial charge is 0.346 e. The molecule has 0 bridgehead atoms. The standard InChI is InChI=1S/C12H13F3O2/c1-2-9(14)11-8(12-16-3-4-17-12)5-7(13)6-10(11)15/h5-6,9,12H,2-4H2,1H3. The average molecular weight is 246 g/mol. The van der Waals surface area contributed by atoms with E-state index >= 15 is 0 Å². The maximum atomic E-state index is 13.7. The summed E-state index contributed by atoms with van der Waals surface area (Å²) in [6, 6.07) is 1.74. The zero-order chi connectivity index (χ0) is 12.4. The molecule has 5 heteroatoms. The highest BCUT2D eigenvalue weighted by molar-refractivity contribution is 5.32. The van der Waals surface area contributed by atoms with E-state index in [4.69, 9.17) is 9.47 Å². The Kier molecular flexibility index (Phi) is 3.69. The number of alkyl halides is 1. The Morgan fingerprint density at radius 2 is 1.94 bits per heavy atom. The van der Waals surface area contributed by atoms with Gasteiger partial charge in [-0.2, -0.15) is 0 Å². The lowest BCUT2D eigenvalue weighted by Gasteiger charge is -2.17. The van der Waals surface area contributed by atoms with Gasteiger partial charge in [-0.05, 0) is 12.5 Å². The van der Waals surface area contributed by atoms with Crippen LogP contribution in [0, 0.1) is 11.6 Å². The third-order valence-corrected chi connectivity index (χ3v) is 2.67. The van der Waals surface area contributed by atoms with E-state index < -0.39 is 24.1 Å². The summed E-state index contributed by atoms with van der Waals surface area (Å²) < 4.78 is 50.8. The molecule has 0 aliphatic carbocycles. The number of benzene rings is 1. The first-order chi connectivity index (χ1) is 8.13. The fraction of sp³-hybridized carbons (Fsp3) is 0.500. The van der Waals surface area contributed by atoms with Gasteiger partial charge in [0, 0.05) is 17.2 Å². The summed E-state index contributed by atoms with van der Waals surface area (Å²) in [5.74, 6) is -1.66. The molecule has 1 aliphatic rings. The van der Waals surface area contributed by atoms with E-state index in [2.05, 4.69) is 0 Å². The minimum atomic E-state index is -1.49. The minimum Gasteiger partial charge on any atom is -0.346 e. The van der Waals surface area contributed by atoms with Gasteiger partial charge in [0.1, 0.15) is 17.8 Å². The highest BCUT2D eigenvalue weighted by Gasteiger charge is 2.27. The van der Waals surface area contributed by atoms with Crippen LogP contribution in [0.15, 0.2) is 12.1 Å². The van der Waals surface area contributed by atoms with Crippen molar-refractivity contribution in [2.75, 3.05) is 13.2 Å². The Morgan fingerprint density at radius 1 is 1.29 bits per heavy atom. The second-order valence-corrected chi connectivity index (χ2v) is 3.84. The molecule has 2 rings (SSSR count). The lowest BCUT2D eigenvalue weighted by molar-refractivity contribution is -0.0459. The van der Waals surface area contributed by atoms with E-state index in [-0.39, 0.29) is 17.5 Å². The number of halogens is 3. The van der Waals surface area contributed by atoms with Crippen molar-refractivity contribution in [1.82, 2.24) is 0 Å². The maximum Gasteiger partial charge on any atom is 0.184 e. The number of ether oxygens (including phenoxy) is 2.